The van der Waals surface area contributed by atoms with Crippen LogP contribution in [0.15, 0.2) is 54.0 Å². The minimum Gasteiger partial charge on any atom is -0.460 e. The van der Waals surface area contributed by atoms with Crippen molar-refractivity contribution in [2.24, 2.45) is 0 Å². The Hall–Kier alpha value is -2.73. The molecule has 1 amide bonds. The standard InChI is InChI=1S/C17H14N2O3S/c20-16(22-10-12-4-2-1-3-5-12)9-18-17(21)13-6-7-14-15(8-13)23-11-19-14/h1-8,11H,9-10H2,(H,18,21). The molecule has 1 N–H and O–H groups in total. The van der Waals surface area contributed by atoms with Crippen LogP contribution in [-0.4, -0.2) is 23.4 Å². The molecule has 1 heterocycles. The summed E-state index contributed by atoms with van der Waals surface area (Å²) < 4.78 is 6.05. The van der Waals surface area contributed by atoms with Crippen molar-refractivity contribution >= 4 is 33.4 Å². The highest BCUT2D eigenvalue weighted by molar-refractivity contribution is 7.16. The second kappa shape index (κ2) is 7.02. The van der Waals surface area contributed by atoms with Gasteiger partial charge in [-0.3, -0.25) is 9.59 Å². The molecule has 1 aromatic heterocycles. The number of ether oxygens (including phenoxy) is 1. The van der Waals surface area contributed by atoms with Gasteiger partial charge in [-0.1, -0.05) is 30.3 Å². The van der Waals surface area contributed by atoms with Crippen molar-refractivity contribution in [2.75, 3.05) is 6.54 Å². The van der Waals surface area contributed by atoms with Crippen LogP contribution in [0.3, 0.4) is 0 Å². The lowest BCUT2D eigenvalue weighted by atomic mass is 10.2. The lowest BCUT2D eigenvalue weighted by molar-refractivity contribution is -0.143. The summed E-state index contributed by atoms with van der Waals surface area (Å²) in [5.41, 5.74) is 3.99. The SMILES string of the molecule is O=C(CNC(=O)c1ccc2ncsc2c1)OCc1ccccc1. The topological polar surface area (TPSA) is 68.3 Å². The Kier molecular flexibility index (Phi) is 4.63. The summed E-state index contributed by atoms with van der Waals surface area (Å²) in [4.78, 5) is 27.9. The van der Waals surface area contributed by atoms with Crippen molar-refractivity contribution in [1.29, 1.82) is 0 Å². The van der Waals surface area contributed by atoms with Crippen LogP contribution in [0.2, 0.25) is 0 Å². The first kappa shape index (κ1) is 15.2. The summed E-state index contributed by atoms with van der Waals surface area (Å²) in [7, 11) is 0. The summed E-state index contributed by atoms with van der Waals surface area (Å²) in [5, 5.41) is 2.56. The fraction of sp³-hybridized carbons (Fsp3) is 0.118. The Morgan fingerprint density at radius 1 is 1.13 bits per heavy atom. The minimum absolute atomic E-state index is 0.160. The number of rotatable bonds is 5. The monoisotopic (exact) mass is 326 g/mol. The average Bonchev–Trinajstić information content (AvgIpc) is 3.06. The molecule has 0 spiro atoms. The molecular weight excluding hydrogens is 312 g/mol. The molecule has 5 nitrogen and oxygen atoms in total. The first-order valence-corrected chi connectivity index (χ1v) is 7.91. The van der Waals surface area contributed by atoms with E-state index in [1.54, 1.807) is 23.7 Å². The zero-order chi connectivity index (χ0) is 16.1. The van der Waals surface area contributed by atoms with Crippen molar-refractivity contribution in [2.45, 2.75) is 6.61 Å². The van der Waals surface area contributed by atoms with Gasteiger partial charge in [-0.2, -0.15) is 0 Å². The van der Waals surface area contributed by atoms with Crippen LogP contribution in [0.1, 0.15) is 15.9 Å². The van der Waals surface area contributed by atoms with Crippen LogP contribution < -0.4 is 5.32 Å². The number of nitrogens with zero attached hydrogens (tertiary/aromatic N) is 1. The van der Waals surface area contributed by atoms with E-state index in [2.05, 4.69) is 10.3 Å². The highest BCUT2D eigenvalue weighted by Crippen LogP contribution is 2.18. The average molecular weight is 326 g/mol. The number of hydrogen-bond acceptors (Lipinski definition) is 5. The number of esters is 1. The second-order valence-electron chi connectivity index (χ2n) is 4.86. The molecular formula is C17H14N2O3S. The molecule has 0 fully saturated rings. The van der Waals surface area contributed by atoms with Gasteiger partial charge in [0.1, 0.15) is 13.2 Å². The Bertz CT molecular complexity index is 830. The predicted octanol–water partition coefficient (Wildman–Crippen LogP) is 2.77. The zero-order valence-electron chi connectivity index (χ0n) is 12.2. The van der Waals surface area contributed by atoms with Gasteiger partial charge in [0.2, 0.25) is 0 Å². The number of thiazole rings is 1. The van der Waals surface area contributed by atoms with Crippen LogP contribution >= 0.6 is 11.3 Å². The fourth-order valence-electron chi connectivity index (χ4n) is 2.04. The smallest absolute Gasteiger partial charge is 0.325 e. The van der Waals surface area contributed by atoms with Crippen LogP contribution in [0.25, 0.3) is 10.2 Å². The first-order chi connectivity index (χ1) is 11.2. The van der Waals surface area contributed by atoms with Gasteiger partial charge in [-0.25, -0.2) is 4.98 Å². The Morgan fingerprint density at radius 3 is 2.78 bits per heavy atom. The Labute approximate surface area is 136 Å². The molecule has 23 heavy (non-hydrogen) atoms. The maximum atomic E-state index is 12.1. The number of amides is 1. The van der Waals surface area contributed by atoms with E-state index in [9.17, 15) is 9.59 Å². The van der Waals surface area contributed by atoms with Crippen LogP contribution in [0.5, 0.6) is 0 Å². The molecule has 2 aromatic carbocycles. The highest BCUT2D eigenvalue weighted by atomic mass is 32.1. The lowest BCUT2D eigenvalue weighted by Crippen LogP contribution is -2.30. The summed E-state index contributed by atoms with van der Waals surface area (Å²) >= 11 is 1.47. The first-order valence-electron chi connectivity index (χ1n) is 7.03. The van der Waals surface area contributed by atoms with Gasteiger partial charge in [-0.15, -0.1) is 11.3 Å². The third-order valence-electron chi connectivity index (χ3n) is 3.23. The molecule has 0 bridgehead atoms. The van der Waals surface area contributed by atoms with Crippen LogP contribution in [0.4, 0.5) is 0 Å². The van der Waals surface area contributed by atoms with Crippen molar-refractivity contribution in [3.05, 3.63) is 65.2 Å². The van der Waals surface area contributed by atoms with Gasteiger partial charge in [0.25, 0.3) is 5.91 Å². The van der Waals surface area contributed by atoms with E-state index in [4.69, 9.17) is 4.74 Å². The van der Waals surface area contributed by atoms with Gasteiger partial charge in [-0.05, 0) is 23.8 Å². The minimum atomic E-state index is -0.471. The molecule has 3 aromatic rings. The maximum absolute atomic E-state index is 12.1. The van der Waals surface area contributed by atoms with Crippen LogP contribution in [-0.2, 0) is 16.1 Å². The summed E-state index contributed by atoms with van der Waals surface area (Å²) in [5.74, 6) is -0.780. The Morgan fingerprint density at radius 2 is 1.96 bits per heavy atom. The van der Waals surface area contributed by atoms with E-state index in [1.165, 1.54) is 11.3 Å². The zero-order valence-corrected chi connectivity index (χ0v) is 13.0. The molecule has 0 atom stereocenters. The molecule has 3 rings (SSSR count). The third-order valence-corrected chi connectivity index (χ3v) is 4.02. The summed E-state index contributed by atoms with van der Waals surface area (Å²) in [6.07, 6.45) is 0. The van der Waals surface area contributed by atoms with E-state index in [-0.39, 0.29) is 19.1 Å². The van der Waals surface area contributed by atoms with Crippen molar-refractivity contribution in [1.82, 2.24) is 10.3 Å². The van der Waals surface area contributed by atoms with Gasteiger partial charge < -0.3 is 10.1 Å². The number of fused-ring (bicyclic) bond motifs is 1. The summed E-state index contributed by atoms with van der Waals surface area (Å²) in [6.45, 7) is 0.0365. The van der Waals surface area contributed by atoms with E-state index in [0.29, 0.717) is 5.56 Å². The largest absolute Gasteiger partial charge is 0.460 e. The third kappa shape index (κ3) is 3.92. The molecule has 6 heteroatoms. The van der Waals surface area contributed by atoms with Gasteiger partial charge >= 0.3 is 5.97 Å². The molecule has 0 aliphatic carbocycles. The highest BCUT2D eigenvalue weighted by Gasteiger charge is 2.10. The second-order valence-corrected chi connectivity index (χ2v) is 5.75. The van der Waals surface area contributed by atoms with Gasteiger partial charge in [0.15, 0.2) is 0 Å². The Balaban J connectivity index is 1.51. The molecule has 0 saturated carbocycles. The molecule has 0 radical (unpaired) electrons. The van der Waals surface area contributed by atoms with Crippen molar-refractivity contribution in [3.63, 3.8) is 0 Å². The van der Waals surface area contributed by atoms with Crippen molar-refractivity contribution < 1.29 is 14.3 Å². The van der Waals surface area contributed by atoms with E-state index >= 15 is 0 Å². The number of nitrogens with one attached hydrogen (secondary N) is 1. The number of hydrogen-bond donors (Lipinski definition) is 1. The van der Waals surface area contributed by atoms with Crippen LogP contribution in [0, 0.1) is 0 Å². The molecule has 0 aliphatic heterocycles. The quantitative estimate of drug-likeness (QED) is 0.732. The summed E-state index contributed by atoms with van der Waals surface area (Å²) in [6, 6.07) is 14.6. The van der Waals surface area contributed by atoms with Gasteiger partial charge in [0, 0.05) is 5.56 Å². The molecule has 116 valence electrons. The maximum Gasteiger partial charge on any atom is 0.325 e. The normalized spacial score (nSPS) is 10.4. The molecule has 0 aliphatic rings. The van der Waals surface area contributed by atoms with E-state index in [1.807, 2.05) is 30.3 Å². The van der Waals surface area contributed by atoms with Crippen molar-refractivity contribution in [3.8, 4) is 0 Å². The number of carbonyl (C=O) groups is 2. The molecule has 0 unspecified atom stereocenters. The van der Waals surface area contributed by atoms with E-state index < -0.39 is 5.97 Å². The number of carbonyl (C=O) groups excluding carboxylic acids is 2. The number of benzene rings is 2. The molecule has 0 saturated heterocycles. The van der Waals surface area contributed by atoms with Gasteiger partial charge in [0.05, 0.1) is 15.7 Å². The predicted molar refractivity (Wildman–Crippen MR) is 88.2 cm³/mol. The lowest BCUT2D eigenvalue weighted by Gasteiger charge is -2.06. The fourth-order valence-corrected chi connectivity index (χ4v) is 2.76. The van der Waals surface area contributed by atoms with E-state index in [0.717, 1.165) is 15.8 Å². The number of aromatic nitrogens is 1.